The average Bonchev–Trinajstić information content (AvgIpc) is 3.04. The molecule has 0 bridgehead atoms. The topological polar surface area (TPSA) is 131 Å². The first-order valence-electron chi connectivity index (χ1n) is 10.9. The van der Waals surface area contributed by atoms with E-state index in [9.17, 15) is 19.2 Å². The lowest BCUT2D eigenvalue weighted by molar-refractivity contribution is -0.134. The Kier molecular flexibility index (Phi) is 6.04. The molecule has 1 heterocycles. The molecule has 2 fully saturated rings. The van der Waals surface area contributed by atoms with Crippen LogP contribution in [-0.2, 0) is 11.4 Å². The van der Waals surface area contributed by atoms with Gasteiger partial charge in [-0.05, 0) is 61.4 Å². The van der Waals surface area contributed by atoms with Crippen molar-refractivity contribution in [3.05, 3.63) is 65.2 Å². The van der Waals surface area contributed by atoms with Crippen molar-refractivity contribution in [2.75, 3.05) is 0 Å². The Hall–Kier alpha value is -3.88. The number of para-hydroxylation sites is 1. The van der Waals surface area contributed by atoms with Gasteiger partial charge in [0.25, 0.3) is 17.7 Å². The minimum Gasteiger partial charge on any atom is -0.488 e. The van der Waals surface area contributed by atoms with Gasteiger partial charge in [0.1, 0.15) is 17.9 Å². The number of benzene rings is 2. The second-order valence-corrected chi connectivity index (χ2v) is 8.63. The highest BCUT2D eigenvalue weighted by atomic mass is 16.5. The minimum absolute atomic E-state index is 0.0931. The van der Waals surface area contributed by atoms with Crippen LogP contribution in [-0.4, -0.2) is 34.3 Å². The summed E-state index contributed by atoms with van der Waals surface area (Å²) >= 11 is 0. The number of nitrogens with two attached hydrogens (primary N) is 1. The number of imide groups is 1. The molecule has 9 nitrogen and oxygen atoms in total. The van der Waals surface area contributed by atoms with E-state index in [0.29, 0.717) is 30.1 Å². The number of rotatable bonds is 6. The maximum Gasteiger partial charge on any atom is 0.344 e. The quantitative estimate of drug-likeness (QED) is 0.582. The van der Waals surface area contributed by atoms with Crippen molar-refractivity contribution < 1.29 is 23.9 Å². The predicted octanol–water partition coefficient (Wildman–Crippen LogP) is 2.51. The van der Waals surface area contributed by atoms with Gasteiger partial charge in [-0.3, -0.25) is 19.8 Å². The molecule has 0 aromatic heterocycles. The number of hydrogen-bond acceptors (Lipinski definition) is 5. The number of ether oxygens (including phenoxy) is 1. The van der Waals surface area contributed by atoms with Crippen molar-refractivity contribution in [2.24, 2.45) is 11.7 Å². The normalized spacial score (nSPS) is 22.2. The van der Waals surface area contributed by atoms with Crippen molar-refractivity contribution in [2.45, 2.75) is 44.8 Å². The third kappa shape index (κ3) is 4.52. The summed E-state index contributed by atoms with van der Waals surface area (Å²) in [7, 11) is 0. The van der Waals surface area contributed by atoms with Gasteiger partial charge in [-0.15, -0.1) is 0 Å². The Balaban J connectivity index is 1.43. The fourth-order valence-corrected chi connectivity index (χ4v) is 4.24. The van der Waals surface area contributed by atoms with Gasteiger partial charge < -0.3 is 15.8 Å². The van der Waals surface area contributed by atoms with Crippen LogP contribution in [0.25, 0.3) is 0 Å². The Labute approximate surface area is 191 Å². The zero-order chi connectivity index (χ0) is 23.6. The van der Waals surface area contributed by atoms with E-state index in [1.54, 1.807) is 48.5 Å². The highest BCUT2D eigenvalue weighted by Crippen LogP contribution is 2.35. The summed E-state index contributed by atoms with van der Waals surface area (Å²) < 4.78 is 5.71. The van der Waals surface area contributed by atoms with Gasteiger partial charge in [-0.1, -0.05) is 31.2 Å². The Morgan fingerprint density at radius 1 is 1.15 bits per heavy atom. The second-order valence-electron chi connectivity index (χ2n) is 8.63. The van der Waals surface area contributed by atoms with E-state index in [4.69, 9.17) is 10.5 Å². The molecule has 4 rings (SSSR count). The molecule has 2 aromatic carbocycles. The lowest BCUT2D eigenvalue weighted by Gasteiger charge is -2.33. The first-order valence-corrected chi connectivity index (χ1v) is 10.9. The van der Waals surface area contributed by atoms with Crippen molar-refractivity contribution in [3.8, 4) is 5.75 Å². The number of amides is 5. The smallest absolute Gasteiger partial charge is 0.344 e. The molecule has 172 valence electrons. The van der Waals surface area contributed by atoms with Crippen LogP contribution >= 0.6 is 0 Å². The molecule has 4 N–H and O–H groups in total. The standard InChI is InChI=1S/C24H26N4O5/c1-15-9-11-24(12-10-15)22(31)28(23(32)26-24)27-21(30)17-6-4-5-16(13-17)14-33-19-8-3-2-7-18(19)20(25)29/h2-8,13,15H,9-12,14H2,1H3,(H2,25,29)(H,26,32)(H,27,30). The molecule has 0 unspecified atom stereocenters. The molecule has 1 aliphatic heterocycles. The molecule has 0 radical (unpaired) electrons. The zero-order valence-electron chi connectivity index (χ0n) is 18.3. The molecule has 1 aliphatic carbocycles. The van der Waals surface area contributed by atoms with Crippen LogP contribution in [0.15, 0.2) is 48.5 Å². The monoisotopic (exact) mass is 450 g/mol. The number of hydrogen-bond donors (Lipinski definition) is 3. The SMILES string of the molecule is CC1CCC2(CC1)NC(=O)N(NC(=O)c1cccc(COc3ccccc3C(N)=O)c1)C2=O. The number of urea groups is 1. The Morgan fingerprint density at radius 2 is 1.88 bits per heavy atom. The van der Waals surface area contributed by atoms with Gasteiger partial charge in [0.15, 0.2) is 0 Å². The summed E-state index contributed by atoms with van der Waals surface area (Å²) in [6, 6.07) is 12.6. The van der Waals surface area contributed by atoms with E-state index in [0.717, 1.165) is 17.9 Å². The van der Waals surface area contributed by atoms with Gasteiger partial charge in [0, 0.05) is 5.56 Å². The van der Waals surface area contributed by atoms with Gasteiger partial charge in [0.05, 0.1) is 5.56 Å². The molecule has 2 aromatic rings. The number of carbonyl (C=O) groups excluding carboxylic acids is 4. The van der Waals surface area contributed by atoms with E-state index in [2.05, 4.69) is 17.7 Å². The molecule has 9 heteroatoms. The van der Waals surface area contributed by atoms with E-state index in [-0.39, 0.29) is 17.7 Å². The van der Waals surface area contributed by atoms with Gasteiger partial charge in [0.2, 0.25) is 0 Å². The number of nitrogens with one attached hydrogen (secondary N) is 2. The average molecular weight is 450 g/mol. The van der Waals surface area contributed by atoms with Gasteiger partial charge in [-0.25, -0.2) is 4.79 Å². The number of hydrazine groups is 1. The molecule has 1 saturated heterocycles. The van der Waals surface area contributed by atoms with Crippen molar-refractivity contribution in [1.82, 2.24) is 15.8 Å². The summed E-state index contributed by atoms with van der Waals surface area (Å²) in [5, 5.41) is 3.56. The molecule has 5 amide bonds. The number of primary amides is 1. The second kappa shape index (κ2) is 8.93. The molecular weight excluding hydrogens is 424 g/mol. The summed E-state index contributed by atoms with van der Waals surface area (Å²) in [5.41, 5.74) is 8.06. The molecule has 1 saturated carbocycles. The van der Waals surface area contributed by atoms with Gasteiger partial charge in [-0.2, -0.15) is 5.01 Å². The maximum atomic E-state index is 12.9. The summed E-state index contributed by atoms with van der Waals surface area (Å²) in [5.74, 6) is -0.762. The van der Waals surface area contributed by atoms with Crippen LogP contribution in [0.1, 0.15) is 58.9 Å². The van der Waals surface area contributed by atoms with Crippen LogP contribution in [0.4, 0.5) is 4.79 Å². The molecule has 2 aliphatic rings. The van der Waals surface area contributed by atoms with E-state index >= 15 is 0 Å². The van der Waals surface area contributed by atoms with Crippen LogP contribution in [0.3, 0.4) is 0 Å². The highest BCUT2D eigenvalue weighted by Gasteiger charge is 2.52. The lowest BCUT2D eigenvalue weighted by Crippen LogP contribution is -2.51. The number of carbonyl (C=O) groups is 4. The van der Waals surface area contributed by atoms with Crippen molar-refractivity contribution >= 4 is 23.8 Å². The Morgan fingerprint density at radius 3 is 2.61 bits per heavy atom. The highest BCUT2D eigenvalue weighted by molar-refractivity contribution is 6.09. The summed E-state index contributed by atoms with van der Waals surface area (Å²) in [6.45, 7) is 2.21. The zero-order valence-corrected chi connectivity index (χ0v) is 18.3. The van der Waals surface area contributed by atoms with Gasteiger partial charge >= 0.3 is 6.03 Å². The first kappa shape index (κ1) is 22.3. The molecule has 0 atom stereocenters. The van der Waals surface area contributed by atoms with Crippen molar-refractivity contribution in [3.63, 3.8) is 0 Å². The predicted molar refractivity (Wildman–Crippen MR) is 119 cm³/mol. The molecule has 33 heavy (non-hydrogen) atoms. The largest absolute Gasteiger partial charge is 0.488 e. The maximum absolute atomic E-state index is 12.9. The Bertz CT molecular complexity index is 1110. The fraction of sp³-hybridized carbons (Fsp3) is 0.333. The summed E-state index contributed by atoms with van der Waals surface area (Å²) in [6.07, 6.45) is 2.80. The van der Waals surface area contributed by atoms with Crippen molar-refractivity contribution in [1.29, 1.82) is 0 Å². The van der Waals surface area contributed by atoms with Crippen LogP contribution in [0.2, 0.25) is 0 Å². The lowest BCUT2D eigenvalue weighted by atomic mass is 9.77. The minimum atomic E-state index is -0.930. The molecule has 1 spiro atoms. The van der Waals surface area contributed by atoms with Crippen LogP contribution in [0, 0.1) is 5.92 Å². The van der Waals surface area contributed by atoms with E-state index < -0.39 is 29.3 Å². The first-order chi connectivity index (χ1) is 15.8. The third-order valence-electron chi connectivity index (χ3n) is 6.24. The molecular formula is C24H26N4O5. The summed E-state index contributed by atoms with van der Waals surface area (Å²) in [4.78, 5) is 49.7. The van der Waals surface area contributed by atoms with Crippen LogP contribution < -0.4 is 21.2 Å². The van der Waals surface area contributed by atoms with Crippen LogP contribution in [0.5, 0.6) is 5.75 Å². The third-order valence-corrected chi connectivity index (χ3v) is 6.24. The number of nitrogens with zero attached hydrogens (tertiary/aromatic N) is 1. The van der Waals surface area contributed by atoms with E-state index in [1.165, 1.54) is 0 Å². The van der Waals surface area contributed by atoms with E-state index in [1.807, 2.05) is 0 Å². The fourth-order valence-electron chi connectivity index (χ4n) is 4.24.